The fourth-order valence-electron chi connectivity index (χ4n) is 1.68. The maximum absolute atomic E-state index is 11.3. The van der Waals surface area contributed by atoms with Gasteiger partial charge in [-0.25, -0.2) is 15.5 Å². The highest BCUT2D eigenvalue weighted by atomic mass is 16.5. The van der Waals surface area contributed by atoms with Crippen LogP contribution in [0, 0.1) is 0 Å². The molecule has 0 aliphatic heterocycles. The Morgan fingerprint density at radius 2 is 2.26 bits per heavy atom. The van der Waals surface area contributed by atoms with Gasteiger partial charge in [0.05, 0.1) is 0 Å². The van der Waals surface area contributed by atoms with Crippen LogP contribution in [0.4, 0.5) is 0 Å². The Kier molecular flexibility index (Phi) is 3.91. The average Bonchev–Trinajstić information content (AvgIpc) is 3.05. The first kappa shape index (κ1) is 13.2. The van der Waals surface area contributed by atoms with Gasteiger partial charge in [0, 0.05) is 18.9 Å². The Balaban J connectivity index is 2.18. The number of rotatable bonds is 5. The van der Waals surface area contributed by atoms with Crippen LogP contribution in [-0.4, -0.2) is 25.8 Å². The third-order valence-electron chi connectivity index (χ3n) is 2.65. The smallest absolute Gasteiger partial charge is 0.287 e. The summed E-state index contributed by atoms with van der Waals surface area (Å²) < 4.78 is 6.83. The third-order valence-corrected chi connectivity index (χ3v) is 2.65. The largest absolute Gasteiger partial charge is 0.359 e. The van der Waals surface area contributed by atoms with E-state index in [9.17, 15) is 4.79 Å². The van der Waals surface area contributed by atoms with Gasteiger partial charge in [0.2, 0.25) is 0 Å². The molecular formula is C11H16N6O2. The van der Waals surface area contributed by atoms with E-state index in [1.807, 2.05) is 19.3 Å². The summed E-state index contributed by atoms with van der Waals surface area (Å²) in [5.74, 6) is 6.73. The quantitative estimate of drug-likeness (QED) is 0.448. The van der Waals surface area contributed by atoms with Crippen LogP contribution in [0.25, 0.3) is 0 Å². The van der Waals surface area contributed by atoms with Crippen LogP contribution in [0.5, 0.6) is 0 Å². The van der Waals surface area contributed by atoms with Gasteiger partial charge in [-0.2, -0.15) is 5.10 Å². The molecule has 0 aromatic carbocycles. The number of aromatic nitrogens is 4. The number of hydrogen-bond donors (Lipinski definition) is 2. The van der Waals surface area contributed by atoms with E-state index in [4.69, 9.17) is 10.4 Å². The molecule has 102 valence electrons. The van der Waals surface area contributed by atoms with Crippen molar-refractivity contribution in [3.05, 3.63) is 29.2 Å². The number of nitrogens with two attached hydrogens (primary N) is 1. The number of aryl methyl sites for hydroxylation is 2. The van der Waals surface area contributed by atoms with Crippen molar-refractivity contribution in [3.8, 4) is 0 Å². The molecule has 0 fully saturated rings. The van der Waals surface area contributed by atoms with Crippen LogP contribution in [0.3, 0.4) is 0 Å². The molecule has 0 aliphatic carbocycles. The second-order valence-electron chi connectivity index (χ2n) is 3.96. The number of nitrogens with one attached hydrogen (secondary N) is 1. The van der Waals surface area contributed by atoms with Crippen LogP contribution >= 0.6 is 0 Å². The topological polar surface area (TPSA) is 112 Å². The van der Waals surface area contributed by atoms with Gasteiger partial charge in [0.25, 0.3) is 5.91 Å². The first-order valence-corrected chi connectivity index (χ1v) is 6.07. The van der Waals surface area contributed by atoms with Crippen LogP contribution in [-0.2, 0) is 19.4 Å². The first-order valence-electron chi connectivity index (χ1n) is 6.07. The lowest BCUT2D eigenvalue weighted by molar-refractivity contribution is 0.0944. The van der Waals surface area contributed by atoms with E-state index in [0.717, 1.165) is 24.5 Å². The summed E-state index contributed by atoms with van der Waals surface area (Å²) in [7, 11) is 0. The van der Waals surface area contributed by atoms with Crippen molar-refractivity contribution in [2.24, 2.45) is 5.84 Å². The van der Waals surface area contributed by atoms with Crippen molar-refractivity contribution in [2.75, 3.05) is 0 Å². The van der Waals surface area contributed by atoms with Crippen LogP contribution < -0.4 is 11.3 Å². The molecule has 0 saturated carbocycles. The number of carbonyl (C=O) groups excluding carboxylic acids is 1. The van der Waals surface area contributed by atoms with Crippen LogP contribution in [0.1, 0.15) is 41.7 Å². The first-order chi connectivity index (χ1) is 9.17. The second-order valence-corrected chi connectivity index (χ2v) is 3.96. The molecule has 0 saturated heterocycles. The number of hydrazine groups is 1. The third kappa shape index (κ3) is 2.79. The summed E-state index contributed by atoms with van der Waals surface area (Å²) in [6.45, 7) is 4.39. The van der Waals surface area contributed by atoms with Crippen molar-refractivity contribution in [2.45, 2.75) is 33.2 Å². The molecular weight excluding hydrogens is 248 g/mol. The maximum Gasteiger partial charge on any atom is 0.287 e. The summed E-state index contributed by atoms with van der Waals surface area (Å²) in [4.78, 5) is 15.7. The summed E-state index contributed by atoms with van der Waals surface area (Å²) in [5.41, 5.74) is 2.14. The fraction of sp³-hybridized carbons (Fsp3) is 0.455. The van der Waals surface area contributed by atoms with Crippen molar-refractivity contribution in [3.63, 3.8) is 0 Å². The van der Waals surface area contributed by atoms with Gasteiger partial charge in [-0.15, -0.1) is 0 Å². The molecule has 0 bridgehead atoms. The zero-order valence-electron chi connectivity index (χ0n) is 10.9. The Bertz CT molecular complexity index is 574. The van der Waals surface area contributed by atoms with E-state index >= 15 is 0 Å². The molecule has 0 atom stereocenters. The van der Waals surface area contributed by atoms with Crippen LogP contribution in [0.2, 0.25) is 0 Å². The van der Waals surface area contributed by atoms with E-state index in [0.29, 0.717) is 12.3 Å². The van der Waals surface area contributed by atoms with E-state index in [2.05, 4.69) is 15.2 Å². The molecule has 3 N–H and O–H groups in total. The average molecular weight is 264 g/mol. The molecule has 2 heterocycles. The molecule has 2 rings (SSSR count). The van der Waals surface area contributed by atoms with Gasteiger partial charge in [0.15, 0.2) is 17.3 Å². The number of nitrogen functional groups attached to an aromatic ring is 1. The summed E-state index contributed by atoms with van der Waals surface area (Å²) in [6, 6.07) is 1.54. The van der Waals surface area contributed by atoms with E-state index in [1.165, 1.54) is 6.07 Å². The highest BCUT2D eigenvalue weighted by Gasteiger charge is 2.14. The number of amides is 1. The van der Waals surface area contributed by atoms with Gasteiger partial charge in [-0.3, -0.25) is 10.2 Å². The zero-order valence-corrected chi connectivity index (χ0v) is 10.9. The highest BCUT2D eigenvalue weighted by Crippen LogP contribution is 2.08. The second kappa shape index (κ2) is 5.61. The predicted octanol–water partition coefficient (Wildman–Crippen LogP) is 0.0427. The van der Waals surface area contributed by atoms with Crippen molar-refractivity contribution in [1.29, 1.82) is 0 Å². The Labute approximate surface area is 109 Å². The fourth-order valence-corrected chi connectivity index (χ4v) is 1.68. The van der Waals surface area contributed by atoms with Crippen molar-refractivity contribution < 1.29 is 9.32 Å². The lowest BCUT2D eigenvalue weighted by atomic mass is 10.3. The van der Waals surface area contributed by atoms with E-state index in [-0.39, 0.29) is 5.69 Å². The van der Waals surface area contributed by atoms with Gasteiger partial charge in [-0.05, 0) is 0 Å². The summed E-state index contributed by atoms with van der Waals surface area (Å²) in [6.07, 6.45) is 1.55. The van der Waals surface area contributed by atoms with Crippen molar-refractivity contribution >= 4 is 5.91 Å². The molecule has 0 spiro atoms. The molecule has 0 aliphatic rings. The number of hydrogen-bond acceptors (Lipinski definition) is 6. The molecule has 0 radical (unpaired) electrons. The molecule has 0 unspecified atom stereocenters. The minimum absolute atomic E-state index is 0.145. The molecule has 1 amide bonds. The number of carbonyl (C=O) groups is 1. The van der Waals surface area contributed by atoms with Gasteiger partial charge in [-0.1, -0.05) is 19.0 Å². The monoisotopic (exact) mass is 264 g/mol. The minimum Gasteiger partial charge on any atom is -0.359 e. The van der Waals surface area contributed by atoms with E-state index < -0.39 is 5.91 Å². The lowest BCUT2D eigenvalue weighted by Gasteiger charge is -1.99. The van der Waals surface area contributed by atoms with Crippen molar-refractivity contribution in [1.82, 2.24) is 25.3 Å². The predicted molar refractivity (Wildman–Crippen MR) is 66.0 cm³/mol. The maximum atomic E-state index is 11.3. The Morgan fingerprint density at radius 1 is 1.47 bits per heavy atom. The standard InChI is InChI=1S/C11H16N6O2/c1-3-9-13-10(4-2)17(15-9)6-7-5-8(16-19-7)11(18)14-12/h5H,3-4,6,12H2,1-2H3,(H,14,18). The van der Waals surface area contributed by atoms with Gasteiger partial charge < -0.3 is 4.52 Å². The Hall–Kier alpha value is -2.22. The Morgan fingerprint density at radius 3 is 2.89 bits per heavy atom. The zero-order chi connectivity index (χ0) is 13.8. The summed E-state index contributed by atoms with van der Waals surface area (Å²) >= 11 is 0. The minimum atomic E-state index is -0.487. The molecule has 19 heavy (non-hydrogen) atoms. The molecule has 2 aromatic rings. The number of nitrogens with zero attached hydrogens (tertiary/aromatic N) is 4. The lowest BCUT2D eigenvalue weighted by Crippen LogP contribution is -2.30. The SMILES string of the molecule is CCc1nc(CC)n(Cc2cc(C(=O)NN)no2)n1. The highest BCUT2D eigenvalue weighted by molar-refractivity contribution is 5.91. The van der Waals surface area contributed by atoms with Gasteiger partial charge >= 0.3 is 0 Å². The molecule has 2 aromatic heterocycles. The van der Waals surface area contributed by atoms with Gasteiger partial charge in [0.1, 0.15) is 12.4 Å². The van der Waals surface area contributed by atoms with E-state index in [1.54, 1.807) is 4.68 Å². The molecule has 8 heteroatoms. The summed E-state index contributed by atoms with van der Waals surface area (Å²) in [5, 5.41) is 8.00. The normalized spacial score (nSPS) is 10.7. The van der Waals surface area contributed by atoms with Crippen LogP contribution in [0.15, 0.2) is 10.6 Å². The molecule has 8 nitrogen and oxygen atoms in total.